The number of guanidine groups is 1. The summed E-state index contributed by atoms with van der Waals surface area (Å²) in [4.78, 5) is 18.4. The SMILES string of the molecule is CCC(CNC(=NC)N1CCC(C(=O)OC)CC1)Cc1cccc(Br)c1.I. The molecule has 5 nitrogen and oxygen atoms in total. The van der Waals surface area contributed by atoms with E-state index in [9.17, 15) is 4.79 Å². The number of aliphatic imine (C=N–C) groups is 1. The van der Waals surface area contributed by atoms with Crippen LogP contribution in [0, 0.1) is 11.8 Å². The largest absolute Gasteiger partial charge is 0.469 e. The lowest BCUT2D eigenvalue weighted by molar-refractivity contribution is -0.146. The average Bonchev–Trinajstić information content (AvgIpc) is 2.67. The summed E-state index contributed by atoms with van der Waals surface area (Å²) in [6, 6.07) is 8.52. The fourth-order valence-corrected chi connectivity index (χ4v) is 3.87. The summed E-state index contributed by atoms with van der Waals surface area (Å²) < 4.78 is 5.99. The van der Waals surface area contributed by atoms with E-state index in [0.717, 1.165) is 55.7 Å². The van der Waals surface area contributed by atoms with Crippen LogP contribution in [0.4, 0.5) is 0 Å². The lowest BCUT2D eigenvalue weighted by atomic mass is 9.96. The minimum absolute atomic E-state index is 0. The van der Waals surface area contributed by atoms with Crippen LogP contribution < -0.4 is 5.32 Å². The number of carbonyl (C=O) groups excluding carboxylic acids is 1. The Bertz CT molecular complexity index is 619. The maximum atomic E-state index is 11.7. The van der Waals surface area contributed by atoms with Gasteiger partial charge in [-0.15, -0.1) is 24.0 Å². The van der Waals surface area contributed by atoms with Gasteiger partial charge in [-0.25, -0.2) is 0 Å². The summed E-state index contributed by atoms with van der Waals surface area (Å²) in [5, 5.41) is 3.53. The molecule has 0 radical (unpaired) electrons. The summed E-state index contributed by atoms with van der Waals surface area (Å²) in [5.74, 6) is 1.41. The molecule has 1 atom stereocenters. The molecule has 0 saturated carbocycles. The second-order valence-electron chi connectivity index (χ2n) is 6.82. The Labute approximate surface area is 188 Å². The first-order valence-corrected chi connectivity index (χ1v) is 10.1. The van der Waals surface area contributed by atoms with Gasteiger partial charge in [0.2, 0.25) is 0 Å². The minimum atomic E-state index is -0.0901. The van der Waals surface area contributed by atoms with E-state index in [4.69, 9.17) is 4.74 Å². The van der Waals surface area contributed by atoms with Crippen LogP contribution in [0.3, 0.4) is 0 Å². The molecule has 1 unspecified atom stereocenters. The Balaban J connectivity index is 0.00000364. The van der Waals surface area contributed by atoms with Crippen molar-refractivity contribution in [3.63, 3.8) is 0 Å². The number of carbonyl (C=O) groups is 1. The third kappa shape index (κ3) is 7.60. The molecule has 152 valence electrons. The zero-order valence-electron chi connectivity index (χ0n) is 16.4. The fourth-order valence-electron chi connectivity index (χ4n) is 3.42. The lowest BCUT2D eigenvalue weighted by Crippen LogP contribution is -2.47. The molecule has 0 bridgehead atoms. The third-order valence-electron chi connectivity index (χ3n) is 5.08. The molecule has 0 aromatic heterocycles. The molecule has 1 N–H and O–H groups in total. The van der Waals surface area contributed by atoms with Crippen molar-refractivity contribution in [1.29, 1.82) is 0 Å². The van der Waals surface area contributed by atoms with Crippen molar-refractivity contribution >= 4 is 51.8 Å². The number of nitrogens with one attached hydrogen (secondary N) is 1. The highest BCUT2D eigenvalue weighted by molar-refractivity contribution is 14.0. The standard InChI is InChI=1S/C20H30BrN3O2.HI/c1-4-15(12-16-6-5-7-18(21)13-16)14-23-20(22-2)24-10-8-17(9-11-24)19(25)26-3;/h5-7,13,15,17H,4,8-12,14H2,1-3H3,(H,22,23);1H. The second kappa shape index (κ2) is 12.6. The normalized spacial score (nSPS) is 16.4. The molecule has 1 aromatic carbocycles. The van der Waals surface area contributed by atoms with Crippen molar-refractivity contribution in [2.45, 2.75) is 32.6 Å². The highest BCUT2D eigenvalue weighted by Crippen LogP contribution is 2.19. The first-order chi connectivity index (χ1) is 12.6. The van der Waals surface area contributed by atoms with Gasteiger partial charge in [-0.2, -0.15) is 0 Å². The molecule has 2 rings (SSSR count). The van der Waals surface area contributed by atoms with Gasteiger partial charge in [0.05, 0.1) is 13.0 Å². The Kier molecular flexibility index (Phi) is 11.3. The van der Waals surface area contributed by atoms with E-state index in [-0.39, 0.29) is 35.9 Å². The maximum absolute atomic E-state index is 11.7. The van der Waals surface area contributed by atoms with Crippen LogP contribution >= 0.6 is 39.9 Å². The van der Waals surface area contributed by atoms with Crippen LogP contribution in [0.5, 0.6) is 0 Å². The molecule has 27 heavy (non-hydrogen) atoms. The first-order valence-electron chi connectivity index (χ1n) is 9.35. The van der Waals surface area contributed by atoms with Gasteiger partial charge in [0, 0.05) is 31.2 Å². The van der Waals surface area contributed by atoms with Crippen LogP contribution in [-0.4, -0.2) is 50.6 Å². The van der Waals surface area contributed by atoms with E-state index in [1.165, 1.54) is 12.7 Å². The Morgan fingerprint density at radius 3 is 2.67 bits per heavy atom. The van der Waals surface area contributed by atoms with Crippen LogP contribution in [-0.2, 0) is 16.0 Å². The zero-order valence-corrected chi connectivity index (χ0v) is 20.3. The van der Waals surface area contributed by atoms with E-state index in [1.807, 2.05) is 7.05 Å². The molecule has 0 spiro atoms. The smallest absolute Gasteiger partial charge is 0.308 e. The van der Waals surface area contributed by atoms with Crippen molar-refractivity contribution in [3.05, 3.63) is 34.3 Å². The molecule has 1 aliphatic rings. The lowest BCUT2D eigenvalue weighted by Gasteiger charge is -2.33. The monoisotopic (exact) mass is 551 g/mol. The molecule has 1 fully saturated rings. The van der Waals surface area contributed by atoms with E-state index in [2.05, 4.69) is 62.3 Å². The summed E-state index contributed by atoms with van der Waals surface area (Å²) >= 11 is 3.55. The van der Waals surface area contributed by atoms with Gasteiger partial charge < -0.3 is 15.0 Å². The van der Waals surface area contributed by atoms with Crippen molar-refractivity contribution in [2.75, 3.05) is 33.8 Å². The van der Waals surface area contributed by atoms with Crippen molar-refractivity contribution in [3.8, 4) is 0 Å². The van der Waals surface area contributed by atoms with E-state index >= 15 is 0 Å². The van der Waals surface area contributed by atoms with Crippen LogP contribution in [0.15, 0.2) is 33.7 Å². The highest BCUT2D eigenvalue weighted by Gasteiger charge is 2.27. The number of halogens is 2. The summed E-state index contributed by atoms with van der Waals surface area (Å²) in [7, 11) is 3.29. The van der Waals surface area contributed by atoms with Crippen molar-refractivity contribution < 1.29 is 9.53 Å². The topological polar surface area (TPSA) is 53.9 Å². The molecule has 1 heterocycles. The number of esters is 1. The quantitative estimate of drug-likeness (QED) is 0.250. The van der Waals surface area contributed by atoms with Crippen molar-refractivity contribution in [1.82, 2.24) is 10.2 Å². The molecule has 1 aliphatic heterocycles. The van der Waals surface area contributed by atoms with E-state index in [1.54, 1.807) is 0 Å². The number of nitrogens with zero attached hydrogens (tertiary/aromatic N) is 2. The molecule has 0 amide bonds. The Hall–Kier alpha value is -0.830. The first kappa shape index (κ1) is 24.2. The van der Waals surface area contributed by atoms with Gasteiger partial charge >= 0.3 is 5.97 Å². The summed E-state index contributed by atoms with van der Waals surface area (Å²) in [6.07, 6.45) is 3.80. The number of likely N-dealkylation sites (tertiary alicyclic amines) is 1. The predicted molar refractivity (Wildman–Crippen MR) is 125 cm³/mol. The molecule has 1 saturated heterocycles. The van der Waals surface area contributed by atoms with Crippen LogP contribution in [0.25, 0.3) is 0 Å². The number of ether oxygens (including phenoxy) is 1. The van der Waals surface area contributed by atoms with Crippen molar-refractivity contribution in [2.24, 2.45) is 16.8 Å². The molecule has 1 aromatic rings. The molecule has 0 aliphatic carbocycles. The summed E-state index contributed by atoms with van der Waals surface area (Å²) in [5.41, 5.74) is 1.35. The fraction of sp³-hybridized carbons (Fsp3) is 0.600. The summed E-state index contributed by atoms with van der Waals surface area (Å²) in [6.45, 7) is 4.80. The number of rotatable bonds is 6. The molecule has 7 heteroatoms. The van der Waals surface area contributed by atoms with Gasteiger partial charge in [0.1, 0.15) is 0 Å². The molecular formula is C20H31BrIN3O2. The highest BCUT2D eigenvalue weighted by atomic mass is 127. The van der Waals surface area contributed by atoms with E-state index in [0.29, 0.717) is 5.92 Å². The Morgan fingerprint density at radius 2 is 2.11 bits per heavy atom. The number of benzene rings is 1. The van der Waals surface area contributed by atoms with E-state index < -0.39 is 0 Å². The number of hydrogen-bond donors (Lipinski definition) is 1. The maximum Gasteiger partial charge on any atom is 0.308 e. The number of hydrogen-bond acceptors (Lipinski definition) is 3. The van der Waals surface area contributed by atoms with Gasteiger partial charge in [-0.05, 0) is 42.9 Å². The van der Waals surface area contributed by atoms with Gasteiger partial charge in [0.25, 0.3) is 0 Å². The molecular weight excluding hydrogens is 521 g/mol. The average molecular weight is 552 g/mol. The van der Waals surface area contributed by atoms with Gasteiger partial charge in [-0.3, -0.25) is 9.79 Å². The Morgan fingerprint density at radius 1 is 1.41 bits per heavy atom. The number of piperidine rings is 1. The number of methoxy groups -OCH3 is 1. The van der Waals surface area contributed by atoms with Gasteiger partial charge in [-0.1, -0.05) is 41.4 Å². The minimum Gasteiger partial charge on any atom is -0.469 e. The second-order valence-corrected chi connectivity index (χ2v) is 7.74. The predicted octanol–water partition coefficient (Wildman–Crippen LogP) is 4.10. The third-order valence-corrected chi connectivity index (χ3v) is 5.57. The zero-order chi connectivity index (χ0) is 18.9. The van der Waals surface area contributed by atoms with Crippen LogP contribution in [0.2, 0.25) is 0 Å². The van der Waals surface area contributed by atoms with Crippen LogP contribution in [0.1, 0.15) is 31.7 Å². The van der Waals surface area contributed by atoms with Gasteiger partial charge in [0.15, 0.2) is 5.96 Å².